The molecule has 0 saturated heterocycles. The molecule has 4 rings (SSSR count). The molecule has 172 valence electrons. The van der Waals surface area contributed by atoms with Crippen LogP contribution >= 0.6 is 23.2 Å². The third kappa shape index (κ3) is 4.49. The number of halogens is 3. The van der Waals surface area contributed by atoms with Gasteiger partial charge in [0.15, 0.2) is 17.2 Å². The molecule has 0 saturated carbocycles. The molecular formula is C23H21Cl2FN4O3. The molecule has 2 aromatic heterocycles. The van der Waals surface area contributed by atoms with Gasteiger partial charge in [0.1, 0.15) is 16.5 Å². The van der Waals surface area contributed by atoms with E-state index in [0.29, 0.717) is 28.2 Å². The summed E-state index contributed by atoms with van der Waals surface area (Å²) in [5.41, 5.74) is 2.40. The molecule has 0 aliphatic heterocycles. The van der Waals surface area contributed by atoms with Crippen LogP contribution in [0.3, 0.4) is 0 Å². The zero-order valence-electron chi connectivity index (χ0n) is 18.2. The smallest absolute Gasteiger partial charge is 0.189 e. The Morgan fingerprint density at radius 2 is 1.70 bits per heavy atom. The first kappa shape index (κ1) is 22.9. The number of methoxy groups -OCH3 is 3. The lowest BCUT2D eigenvalue weighted by Gasteiger charge is -2.15. The minimum Gasteiger partial charge on any atom is -0.497 e. The lowest BCUT2D eigenvalue weighted by Crippen LogP contribution is -2.06. The average molecular weight is 491 g/mol. The SMILES string of the molecule is COc1ccc(Cn2ncc3c(Cl)c(CNc4c(F)c(OC)cc(OC)c4Cl)cnc32)cc1. The van der Waals surface area contributed by atoms with E-state index in [1.54, 1.807) is 24.2 Å². The monoisotopic (exact) mass is 490 g/mol. The highest BCUT2D eigenvalue weighted by Crippen LogP contribution is 2.40. The molecule has 0 unspecified atom stereocenters. The first-order chi connectivity index (χ1) is 16.0. The largest absolute Gasteiger partial charge is 0.497 e. The third-order valence-corrected chi connectivity index (χ3v) is 6.01. The second-order valence-corrected chi connectivity index (χ2v) is 7.88. The molecule has 0 amide bonds. The molecule has 0 spiro atoms. The summed E-state index contributed by atoms with van der Waals surface area (Å²) in [5, 5.41) is 8.68. The summed E-state index contributed by atoms with van der Waals surface area (Å²) >= 11 is 12.9. The lowest BCUT2D eigenvalue weighted by atomic mass is 10.2. The van der Waals surface area contributed by atoms with Crippen molar-refractivity contribution in [1.82, 2.24) is 14.8 Å². The van der Waals surface area contributed by atoms with Crippen LogP contribution in [0.4, 0.5) is 10.1 Å². The maximum atomic E-state index is 14.8. The molecule has 0 aliphatic rings. The topological polar surface area (TPSA) is 70.4 Å². The van der Waals surface area contributed by atoms with Crippen LogP contribution in [0.2, 0.25) is 10.0 Å². The number of aromatic nitrogens is 3. The number of fused-ring (bicyclic) bond motifs is 1. The molecule has 2 heterocycles. The van der Waals surface area contributed by atoms with Gasteiger partial charge in [0.2, 0.25) is 0 Å². The van der Waals surface area contributed by atoms with Crippen molar-refractivity contribution in [3.8, 4) is 17.2 Å². The third-order valence-electron chi connectivity index (χ3n) is 5.19. The first-order valence-electron chi connectivity index (χ1n) is 9.92. The number of benzene rings is 2. The number of nitrogens with one attached hydrogen (secondary N) is 1. The molecule has 1 N–H and O–H groups in total. The van der Waals surface area contributed by atoms with Crippen molar-refractivity contribution < 1.29 is 18.6 Å². The van der Waals surface area contributed by atoms with Crippen LogP contribution in [-0.4, -0.2) is 36.1 Å². The fourth-order valence-corrected chi connectivity index (χ4v) is 3.94. The zero-order valence-corrected chi connectivity index (χ0v) is 19.7. The van der Waals surface area contributed by atoms with Crippen molar-refractivity contribution in [3.05, 3.63) is 69.7 Å². The van der Waals surface area contributed by atoms with Gasteiger partial charge in [-0.3, -0.25) is 0 Å². The van der Waals surface area contributed by atoms with Gasteiger partial charge in [0.05, 0.1) is 50.2 Å². The summed E-state index contributed by atoms with van der Waals surface area (Å²) in [6.07, 6.45) is 3.30. The van der Waals surface area contributed by atoms with Gasteiger partial charge in [-0.25, -0.2) is 14.1 Å². The Kier molecular flexibility index (Phi) is 6.76. The summed E-state index contributed by atoms with van der Waals surface area (Å²) in [6.45, 7) is 0.706. The second-order valence-electron chi connectivity index (χ2n) is 7.12. The van der Waals surface area contributed by atoms with E-state index >= 15 is 0 Å². The van der Waals surface area contributed by atoms with Crippen LogP contribution in [0, 0.1) is 5.82 Å². The van der Waals surface area contributed by atoms with Gasteiger partial charge in [-0.2, -0.15) is 5.10 Å². The minimum absolute atomic E-state index is 0.0123. The minimum atomic E-state index is -0.624. The number of anilines is 1. The number of rotatable bonds is 8. The fourth-order valence-electron chi connectivity index (χ4n) is 3.41. The summed E-state index contributed by atoms with van der Waals surface area (Å²) < 4.78 is 32.0. The Balaban J connectivity index is 1.58. The van der Waals surface area contributed by atoms with Gasteiger partial charge in [0, 0.05) is 24.4 Å². The van der Waals surface area contributed by atoms with Gasteiger partial charge in [0.25, 0.3) is 0 Å². The van der Waals surface area contributed by atoms with Crippen LogP contribution in [0.25, 0.3) is 11.0 Å². The maximum Gasteiger partial charge on any atom is 0.189 e. The van der Waals surface area contributed by atoms with Crippen molar-refractivity contribution in [1.29, 1.82) is 0 Å². The van der Waals surface area contributed by atoms with E-state index in [2.05, 4.69) is 15.4 Å². The van der Waals surface area contributed by atoms with E-state index in [1.807, 2.05) is 24.3 Å². The number of nitrogens with zero attached hydrogens (tertiary/aromatic N) is 3. The van der Waals surface area contributed by atoms with E-state index in [4.69, 9.17) is 37.4 Å². The van der Waals surface area contributed by atoms with Crippen molar-refractivity contribution >= 4 is 39.9 Å². The second kappa shape index (κ2) is 9.72. The Bertz CT molecular complexity index is 1270. The van der Waals surface area contributed by atoms with Crippen molar-refractivity contribution in [3.63, 3.8) is 0 Å². The Labute approximate surface area is 200 Å². The number of pyridine rings is 1. The first-order valence-corrected chi connectivity index (χ1v) is 10.7. The van der Waals surface area contributed by atoms with Gasteiger partial charge >= 0.3 is 0 Å². The van der Waals surface area contributed by atoms with Crippen molar-refractivity contribution in [2.24, 2.45) is 0 Å². The van der Waals surface area contributed by atoms with Crippen LogP contribution in [0.1, 0.15) is 11.1 Å². The van der Waals surface area contributed by atoms with Gasteiger partial charge in [-0.1, -0.05) is 35.3 Å². The highest BCUT2D eigenvalue weighted by Gasteiger charge is 2.19. The van der Waals surface area contributed by atoms with Gasteiger partial charge in [-0.15, -0.1) is 0 Å². The van der Waals surface area contributed by atoms with Crippen LogP contribution < -0.4 is 19.5 Å². The summed E-state index contributed by atoms with van der Waals surface area (Å²) in [6, 6.07) is 9.10. The molecule has 0 bridgehead atoms. The zero-order chi connectivity index (χ0) is 23.5. The standard InChI is InChI=1S/C23H21Cl2FN4O3/c1-31-15-6-4-13(5-7-15)12-30-23-16(11-29-30)19(24)14(10-28-23)9-27-22-20(25)17(32-2)8-18(33-3)21(22)26/h4-8,10-11,27H,9,12H2,1-3H3. The summed E-state index contributed by atoms with van der Waals surface area (Å²) in [5.74, 6) is 0.462. The Hall–Kier alpha value is -3.23. The molecule has 10 heteroatoms. The molecule has 7 nitrogen and oxygen atoms in total. The predicted octanol–water partition coefficient (Wildman–Crippen LogP) is 5.56. The van der Waals surface area contributed by atoms with Crippen LogP contribution in [0.15, 0.2) is 42.7 Å². The molecule has 2 aromatic carbocycles. The summed E-state index contributed by atoms with van der Waals surface area (Å²) in [7, 11) is 4.44. The Morgan fingerprint density at radius 3 is 2.36 bits per heavy atom. The van der Waals surface area contributed by atoms with Crippen LogP contribution in [0.5, 0.6) is 17.2 Å². The maximum absolute atomic E-state index is 14.8. The van der Waals surface area contributed by atoms with Crippen molar-refractivity contribution in [2.45, 2.75) is 13.1 Å². The highest BCUT2D eigenvalue weighted by atomic mass is 35.5. The van der Waals surface area contributed by atoms with Gasteiger partial charge < -0.3 is 19.5 Å². The average Bonchev–Trinajstić information content (AvgIpc) is 3.24. The van der Waals surface area contributed by atoms with E-state index in [-0.39, 0.29) is 28.8 Å². The normalized spacial score (nSPS) is 11.0. The van der Waals surface area contributed by atoms with Crippen molar-refractivity contribution in [2.75, 3.05) is 26.6 Å². The van der Waals surface area contributed by atoms with E-state index < -0.39 is 5.82 Å². The molecule has 0 aliphatic carbocycles. The molecule has 4 aromatic rings. The van der Waals surface area contributed by atoms with E-state index in [9.17, 15) is 4.39 Å². The molecule has 0 radical (unpaired) electrons. The highest BCUT2D eigenvalue weighted by molar-refractivity contribution is 6.36. The molecular weight excluding hydrogens is 470 g/mol. The number of ether oxygens (including phenoxy) is 3. The summed E-state index contributed by atoms with van der Waals surface area (Å²) in [4.78, 5) is 4.53. The quantitative estimate of drug-likeness (QED) is 0.348. The Morgan fingerprint density at radius 1 is 0.970 bits per heavy atom. The number of hydrogen-bond acceptors (Lipinski definition) is 6. The molecule has 33 heavy (non-hydrogen) atoms. The predicted molar refractivity (Wildman–Crippen MR) is 126 cm³/mol. The van der Waals surface area contributed by atoms with Crippen LogP contribution in [-0.2, 0) is 13.1 Å². The van der Waals surface area contributed by atoms with E-state index in [0.717, 1.165) is 11.3 Å². The fraction of sp³-hybridized carbons (Fsp3) is 0.217. The van der Waals surface area contributed by atoms with E-state index in [1.165, 1.54) is 20.3 Å². The lowest BCUT2D eigenvalue weighted by molar-refractivity contribution is 0.375. The number of hydrogen-bond donors (Lipinski definition) is 1. The molecule has 0 atom stereocenters. The van der Waals surface area contributed by atoms with Gasteiger partial charge in [-0.05, 0) is 17.7 Å². The molecule has 0 fully saturated rings.